The van der Waals surface area contributed by atoms with Gasteiger partial charge in [0.2, 0.25) is 11.9 Å². The number of hydrogen-bond acceptors (Lipinski definition) is 6. The topological polar surface area (TPSA) is 90.3 Å². The zero-order valence-corrected chi connectivity index (χ0v) is 20.6. The number of aryl methyl sites for hydroxylation is 1. The van der Waals surface area contributed by atoms with E-state index < -0.39 is 0 Å². The number of rotatable bonds is 7. The van der Waals surface area contributed by atoms with Crippen molar-refractivity contribution in [2.24, 2.45) is 0 Å². The van der Waals surface area contributed by atoms with Crippen molar-refractivity contribution in [1.82, 2.24) is 14.8 Å². The van der Waals surface area contributed by atoms with Gasteiger partial charge in [0.15, 0.2) is 11.5 Å². The molecule has 0 spiro atoms. The third-order valence-corrected chi connectivity index (χ3v) is 6.42. The van der Waals surface area contributed by atoms with Crippen molar-refractivity contribution in [1.29, 1.82) is 0 Å². The van der Waals surface area contributed by atoms with Crippen molar-refractivity contribution < 1.29 is 14.3 Å². The zero-order chi connectivity index (χ0) is 25.1. The number of amides is 1. The van der Waals surface area contributed by atoms with Crippen LogP contribution in [0.2, 0.25) is 0 Å². The van der Waals surface area contributed by atoms with Crippen LogP contribution in [-0.2, 0) is 11.2 Å². The molecule has 8 heteroatoms. The van der Waals surface area contributed by atoms with E-state index in [2.05, 4.69) is 64.0 Å². The maximum absolute atomic E-state index is 12.8. The molecule has 0 fully saturated rings. The van der Waals surface area contributed by atoms with E-state index in [1.807, 2.05) is 28.9 Å². The highest BCUT2D eigenvalue weighted by Crippen LogP contribution is 2.38. The summed E-state index contributed by atoms with van der Waals surface area (Å²) in [5.74, 6) is 1.88. The second kappa shape index (κ2) is 10.1. The van der Waals surface area contributed by atoms with Crippen LogP contribution in [0.25, 0.3) is 0 Å². The van der Waals surface area contributed by atoms with E-state index in [-0.39, 0.29) is 30.4 Å². The van der Waals surface area contributed by atoms with Crippen LogP contribution in [0, 0.1) is 6.92 Å². The Morgan fingerprint density at radius 1 is 1.00 bits per heavy atom. The van der Waals surface area contributed by atoms with Crippen LogP contribution in [-0.4, -0.2) is 34.9 Å². The number of benzene rings is 3. The molecule has 1 aromatic heterocycles. The molecule has 2 N–H and O–H groups in total. The Hall–Kier alpha value is -4.33. The fourth-order valence-electron chi connectivity index (χ4n) is 4.55. The van der Waals surface area contributed by atoms with Gasteiger partial charge in [0, 0.05) is 0 Å². The number of nitrogens with one attached hydrogen (secondary N) is 2. The first-order valence-corrected chi connectivity index (χ1v) is 11.9. The second-order valence-corrected chi connectivity index (χ2v) is 8.89. The van der Waals surface area contributed by atoms with Gasteiger partial charge in [-0.2, -0.15) is 4.98 Å². The Bertz CT molecular complexity index is 1350. The zero-order valence-electron chi connectivity index (χ0n) is 20.6. The van der Waals surface area contributed by atoms with Crippen molar-refractivity contribution in [3.63, 3.8) is 0 Å². The van der Waals surface area contributed by atoms with Crippen LogP contribution in [0.1, 0.15) is 40.8 Å². The van der Waals surface area contributed by atoms with E-state index in [1.165, 1.54) is 11.1 Å². The Morgan fingerprint density at radius 3 is 2.47 bits per heavy atom. The fraction of sp³-hybridized carbons (Fsp3) is 0.250. The largest absolute Gasteiger partial charge is 0.493 e. The van der Waals surface area contributed by atoms with Gasteiger partial charge in [-0.15, -0.1) is 5.10 Å². The molecule has 1 aliphatic heterocycles. The van der Waals surface area contributed by atoms with E-state index in [0.717, 1.165) is 17.5 Å². The molecule has 0 saturated heterocycles. The van der Waals surface area contributed by atoms with Gasteiger partial charge < -0.3 is 14.8 Å². The summed E-state index contributed by atoms with van der Waals surface area (Å²) in [5, 5.41) is 11.0. The quantitative estimate of drug-likeness (QED) is 0.387. The number of carbonyl (C=O) groups is 1. The molecule has 4 aromatic rings. The molecule has 0 saturated carbocycles. The van der Waals surface area contributed by atoms with Gasteiger partial charge in [0.1, 0.15) is 0 Å². The van der Waals surface area contributed by atoms with Crippen molar-refractivity contribution in [2.75, 3.05) is 24.9 Å². The third-order valence-electron chi connectivity index (χ3n) is 6.42. The Kier molecular flexibility index (Phi) is 6.58. The lowest BCUT2D eigenvalue weighted by molar-refractivity contribution is -0.115. The first-order valence-electron chi connectivity index (χ1n) is 11.9. The van der Waals surface area contributed by atoms with Gasteiger partial charge in [-0.25, -0.2) is 4.68 Å². The lowest BCUT2D eigenvalue weighted by Gasteiger charge is -2.31. The summed E-state index contributed by atoms with van der Waals surface area (Å²) in [4.78, 5) is 17.5. The molecular weight excluding hydrogens is 454 g/mol. The Balaban J connectivity index is 1.39. The maximum atomic E-state index is 12.8. The minimum Gasteiger partial charge on any atom is -0.493 e. The third kappa shape index (κ3) is 4.88. The summed E-state index contributed by atoms with van der Waals surface area (Å²) in [5.41, 5.74) is 4.34. The lowest BCUT2D eigenvalue weighted by Crippen LogP contribution is -2.28. The average Bonchev–Trinajstić information content (AvgIpc) is 3.31. The number of fused-ring (bicyclic) bond motifs is 1. The monoisotopic (exact) mass is 483 g/mol. The van der Waals surface area contributed by atoms with Gasteiger partial charge in [-0.05, 0) is 42.2 Å². The van der Waals surface area contributed by atoms with E-state index in [1.54, 1.807) is 26.4 Å². The van der Waals surface area contributed by atoms with Crippen LogP contribution < -0.4 is 20.1 Å². The molecule has 0 aliphatic carbocycles. The number of ether oxygens (including phenoxy) is 2. The SMILES string of the molecule is COc1ccc(CC(=O)Nc2nc3n(n2)[C@@H](c2ccc(C)cc2)C[C@@H](c2ccccc2)N3)cc1OC. The number of methoxy groups -OCH3 is 2. The minimum atomic E-state index is -0.211. The summed E-state index contributed by atoms with van der Waals surface area (Å²) in [6, 6.07) is 24.3. The van der Waals surface area contributed by atoms with Crippen LogP contribution in [0.5, 0.6) is 11.5 Å². The molecule has 2 atom stereocenters. The smallest absolute Gasteiger partial charge is 0.250 e. The summed E-state index contributed by atoms with van der Waals surface area (Å²) in [7, 11) is 3.15. The van der Waals surface area contributed by atoms with Gasteiger partial charge in [0.25, 0.3) is 5.95 Å². The Labute approximate surface area is 210 Å². The van der Waals surface area contributed by atoms with Crippen molar-refractivity contribution in [2.45, 2.75) is 31.8 Å². The molecule has 5 rings (SSSR count). The summed E-state index contributed by atoms with van der Waals surface area (Å²) >= 11 is 0. The molecule has 3 aromatic carbocycles. The number of aromatic nitrogens is 3. The summed E-state index contributed by atoms with van der Waals surface area (Å²) in [6.45, 7) is 2.08. The predicted molar refractivity (Wildman–Crippen MR) is 139 cm³/mol. The van der Waals surface area contributed by atoms with Gasteiger partial charge in [-0.1, -0.05) is 66.2 Å². The summed E-state index contributed by atoms with van der Waals surface area (Å²) < 4.78 is 12.5. The molecule has 0 unspecified atom stereocenters. The van der Waals surface area contributed by atoms with Crippen LogP contribution in [0.15, 0.2) is 72.8 Å². The van der Waals surface area contributed by atoms with Crippen LogP contribution in [0.4, 0.5) is 11.9 Å². The van der Waals surface area contributed by atoms with E-state index in [0.29, 0.717) is 17.4 Å². The standard InChI is InChI=1S/C28H29N5O3/c1-18-9-12-21(13-10-18)23-17-22(20-7-5-4-6-8-20)29-28-31-27(32-33(23)28)30-26(34)16-19-11-14-24(35-2)25(15-19)36-3/h4-15,22-23H,16-17H2,1-3H3,(H2,29,30,31,32,34)/t22-,23+/m0/s1. The normalized spacial score (nSPS) is 16.5. The molecule has 184 valence electrons. The number of anilines is 2. The van der Waals surface area contributed by atoms with Crippen LogP contribution in [0.3, 0.4) is 0 Å². The molecule has 8 nitrogen and oxygen atoms in total. The van der Waals surface area contributed by atoms with E-state index >= 15 is 0 Å². The molecule has 0 bridgehead atoms. The van der Waals surface area contributed by atoms with Gasteiger partial charge in [-0.3, -0.25) is 10.1 Å². The lowest BCUT2D eigenvalue weighted by atomic mass is 9.93. The van der Waals surface area contributed by atoms with Crippen molar-refractivity contribution >= 4 is 17.8 Å². The molecule has 0 radical (unpaired) electrons. The predicted octanol–water partition coefficient (Wildman–Crippen LogP) is 4.93. The highest BCUT2D eigenvalue weighted by Gasteiger charge is 2.31. The minimum absolute atomic E-state index is 0.0175. The first-order chi connectivity index (χ1) is 17.5. The fourth-order valence-corrected chi connectivity index (χ4v) is 4.55. The van der Waals surface area contributed by atoms with E-state index in [4.69, 9.17) is 9.47 Å². The van der Waals surface area contributed by atoms with Crippen molar-refractivity contribution in [3.05, 3.63) is 95.1 Å². The molecule has 36 heavy (non-hydrogen) atoms. The average molecular weight is 484 g/mol. The van der Waals surface area contributed by atoms with Crippen LogP contribution >= 0.6 is 0 Å². The molecule has 2 heterocycles. The second-order valence-electron chi connectivity index (χ2n) is 8.89. The van der Waals surface area contributed by atoms with Gasteiger partial charge in [0.05, 0.1) is 32.7 Å². The Morgan fingerprint density at radius 2 is 1.75 bits per heavy atom. The number of carbonyl (C=O) groups excluding carboxylic acids is 1. The molecule has 1 aliphatic rings. The number of nitrogens with zero attached hydrogens (tertiary/aromatic N) is 3. The molecule has 1 amide bonds. The first kappa shape index (κ1) is 23.4. The highest BCUT2D eigenvalue weighted by molar-refractivity contribution is 5.90. The van der Waals surface area contributed by atoms with Crippen molar-refractivity contribution in [3.8, 4) is 11.5 Å². The highest BCUT2D eigenvalue weighted by atomic mass is 16.5. The van der Waals surface area contributed by atoms with E-state index in [9.17, 15) is 4.79 Å². The maximum Gasteiger partial charge on any atom is 0.250 e. The van der Waals surface area contributed by atoms with Gasteiger partial charge >= 0.3 is 0 Å². The number of hydrogen-bond donors (Lipinski definition) is 2. The molecular formula is C28H29N5O3. The summed E-state index contributed by atoms with van der Waals surface area (Å²) in [6.07, 6.45) is 0.966.